The van der Waals surface area contributed by atoms with Crippen LogP contribution in [0.5, 0.6) is 0 Å². The van der Waals surface area contributed by atoms with E-state index in [0.29, 0.717) is 5.92 Å². The minimum Gasteiger partial charge on any atom is -0.329 e. The van der Waals surface area contributed by atoms with Gasteiger partial charge in [-0.3, -0.25) is 4.90 Å². The van der Waals surface area contributed by atoms with Gasteiger partial charge in [0.15, 0.2) is 0 Å². The first-order valence-corrected chi connectivity index (χ1v) is 5.87. The Morgan fingerprint density at radius 3 is 2.29 bits per heavy atom. The van der Waals surface area contributed by atoms with Crippen LogP contribution in [0.25, 0.3) is 0 Å². The Bertz CT molecular complexity index is 145. The van der Waals surface area contributed by atoms with Gasteiger partial charge in [-0.05, 0) is 39.3 Å². The number of unbranched alkanes of at least 4 members (excludes halogenated alkanes) is 1. The molecule has 0 aromatic rings. The standard InChI is InChI=1S/C12H28N2/c1-6-7-8-14(5)12(4,10-13)9-11(2)3/h11H,6-10,13H2,1-5H3. The fourth-order valence-electron chi connectivity index (χ4n) is 1.94. The second-order valence-electron chi connectivity index (χ2n) is 5.07. The Morgan fingerprint density at radius 2 is 1.93 bits per heavy atom. The number of nitrogens with zero attached hydrogens (tertiary/aromatic N) is 1. The van der Waals surface area contributed by atoms with E-state index in [1.165, 1.54) is 19.3 Å². The average Bonchev–Trinajstić information content (AvgIpc) is 2.12. The van der Waals surface area contributed by atoms with Gasteiger partial charge in [0.25, 0.3) is 0 Å². The lowest BCUT2D eigenvalue weighted by Crippen LogP contribution is -2.50. The van der Waals surface area contributed by atoms with Gasteiger partial charge in [-0.25, -0.2) is 0 Å². The quantitative estimate of drug-likeness (QED) is 0.684. The van der Waals surface area contributed by atoms with Crippen molar-refractivity contribution in [1.82, 2.24) is 4.90 Å². The highest BCUT2D eigenvalue weighted by Crippen LogP contribution is 2.21. The SMILES string of the molecule is CCCCN(C)C(C)(CN)CC(C)C. The third kappa shape index (κ3) is 4.43. The molecule has 0 spiro atoms. The molecule has 0 aliphatic heterocycles. The summed E-state index contributed by atoms with van der Waals surface area (Å²) in [5.41, 5.74) is 6.07. The van der Waals surface area contributed by atoms with Crippen LogP contribution < -0.4 is 5.73 Å². The van der Waals surface area contributed by atoms with Crippen molar-refractivity contribution in [1.29, 1.82) is 0 Å². The highest BCUT2D eigenvalue weighted by molar-refractivity contribution is 4.86. The number of rotatable bonds is 7. The van der Waals surface area contributed by atoms with Crippen LogP contribution in [0.15, 0.2) is 0 Å². The first-order valence-electron chi connectivity index (χ1n) is 5.87. The molecule has 0 heterocycles. The van der Waals surface area contributed by atoms with Crippen molar-refractivity contribution in [3.05, 3.63) is 0 Å². The number of hydrogen-bond acceptors (Lipinski definition) is 2. The van der Waals surface area contributed by atoms with Gasteiger partial charge in [0, 0.05) is 12.1 Å². The molecule has 0 aromatic carbocycles. The van der Waals surface area contributed by atoms with Crippen molar-refractivity contribution in [2.45, 2.75) is 52.5 Å². The zero-order valence-electron chi connectivity index (χ0n) is 10.6. The predicted molar refractivity (Wildman–Crippen MR) is 64.5 cm³/mol. The van der Waals surface area contributed by atoms with Crippen LogP contribution in [0.3, 0.4) is 0 Å². The fraction of sp³-hybridized carbons (Fsp3) is 1.00. The third-order valence-corrected chi connectivity index (χ3v) is 3.06. The summed E-state index contributed by atoms with van der Waals surface area (Å²) in [5.74, 6) is 0.715. The monoisotopic (exact) mass is 200 g/mol. The van der Waals surface area contributed by atoms with Crippen molar-refractivity contribution < 1.29 is 0 Å². The maximum Gasteiger partial charge on any atom is 0.0303 e. The van der Waals surface area contributed by atoms with E-state index in [0.717, 1.165) is 13.1 Å². The molecule has 14 heavy (non-hydrogen) atoms. The molecule has 0 rings (SSSR count). The Kier molecular flexibility index (Phi) is 6.38. The Labute approximate surface area is 89.9 Å². The van der Waals surface area contributed by atoms with Gasteiger partial charge < -0.3 is 5.73 Å². The second-order valence-corrected chi connectivity index (χ2v) is 5.07. The fourth-order valence-corrected chi connectivity index (χ4v) is 1.94. The van der Waals surface area contributed by atoms with E-state index < -0.39 is 0 Å². The first kappa shape index (κ1) is 13.9. The normalized spacial score (nSPS) is 16.3. The molecular weight excluding hydrogens is 172 g/mol. The summed E-state index contributed by atoms with van der Waals surface area (Å²) in [4.78, 5) is 2.43. The van der Waals surface area contributed by atoms with E-state index in [4.69, 9.17) is 5.73 Å². The molecule has 1 unspecified atom stereocenters. The van der Waals surface area contributed by atoms with Crippen LogP contribution in [-0.2, 0) is 0 Å². The van der Waals surface area contributed by atoms with E-state index in [9.17, 15) is 0 Å². The smallest absolute Gasteiger partial charge is 0.0303 e. The van der Waals surface area contributed by atoms with Crippen LogP contribution in [0, 0.1) is 5.92 Å². The van der Waals surface area contributed by atoms with Crippen molar-refractivity contribution in [2.24, 2.45) is 11.7 Å². The molecule has 0 saturated carbocycles. The summed E-state index contributed by atoms with van der Waals surface area (Å²) in [6.45, 7) is 11.0. The molecule has 0 aliphatic rings. The molecule has 2 heteroatoms. The van der Waals surface area contributed by atoms with E-state index in [2.05, 4.69) is 39.6 Å². The lowest BCUT2D eigenvalue weighted by Gasteiger charge is -2.39. The maximum atomic E-state index is 5.89. The van der Waals surface area contributed by atoms with E-state index >= 15 is 0 Å². The van der Waals surface area contributed by atoms with E-state index in [1.54, 1.807) is 0 Å². The molecule has 0 aliphatic carbocycles. The topological polar surface area (TPSA) is 29.3 Å². The van der Waals surface area contributed by atoms with Crippen LogP contribution in [-0.4, -0.2) is 30.6 Å². The minimum absolute atomic E-state index is 0.184. The number of likely N-dealkylation sites (N-methyl/N-ethyl adjacent to an activating group) is 1. The molecule has 0 radical (unpaired) electrons. The summed E-state index contributed by atoms with van der Waals surface area (Å²) in [7, 11) is 2.20. The Balaban J connectivity index is 4.19. The Morgan fingerprint density at radius 1 is 1.36 bits per heavy atom. The zero-order valence-corrected chi connectivity index (χ0v) is 10.6. The van der Waals surface area contributed by atoms with E-state index in [-0.39, 0.29) is 5.54 Å². The molecule has 2 nitrogen and oxygen atoms in total. The number of nitrogens with two attached hydrogens (primary N) is 1. The lowest BCUT2D eigenvalue weighted by atomic mass is 9.89. The molecule has 2 N–H and O–H groups in total. The van der Waals surface area contributed by atoms with Gasteiger partial charge in [0.2, 0.25) is 0 Å². The van der Waals surface area contributed by atoms with Crippen molar-refractivity contribution in [3.63, 3.8) is 0 Å². The third-order valence-electron chi connectivity index (χ3n) is 3.06. The van der Waals surface area contributed by atoms with Gasteiger partial charge >= 0.3 is 0 Å². The first-order chi connectivity index (χ1) is 6.46. The predicted octanol–water partition coefficient (Wildman–Crippen LogP) is 2.48. The molecule has 86 valence electrons. The van der Waals surface area contributed by atoms with Crippen molar-refractivity contribution >= 4 is 0 Å². The van der Waals surface area contributed by atoms with E-state index in [1.807, 2.05) is 0 Å². The van der Waals surface area contributed by atoms with Gasteiger partial charge in [0.05, 0.1) is 0 Å². The molecule has 0 saturated heterocycles. The minimum atomic E-state index is 0.184. The average molecular weight is 200 g/mol. The number of hydrogen-bond donors (Lipinski definition) is 1. The van der Waals surface area contributed by atoms with Crippen molar-refractivity contribution in [2.75, 3.05) is 20.1 Å². The molecular formula is C12H28N2. The molecule has 1 atom stereocenters. The van der Waals surface area contributed by atoms with Gasteiger partial charge in [-0.15, -0.1) is 0 Å². The van der Waals surface area contributed by atoms with Crippen LogP contribution in [0.2, 0.25) is 0 Å². The largest absolute Gasteiger partial charge is 0.329 e. The van der Waals surface area contributed by atoms with Crippen LogP contribution >= 0.6 is 0 Å². The molecule has 0 bridgehead atoms. The summed E-state index contributed by atoms with van der Waals surface area (Å²) in [6.07, 6.45) is 3.71. The summed E-state index contributed by atoms with van der Waals surface area (Å²) < 4.78 is 0. The molecule has 0 amide bonds. The molecule has 0 fully saturated rings. The maximum absolute atomic E-state index is 5.89. The highest BCUT2D eigenvalue weighted by atomic mass is 15.2. The Hall–Kier alpha value is -0.0800. The zero-order chi connectivity index (χ0) is 11.2. The second kappa shape index (κ2) is 6.41. The summed E-state index contributed by atoms with van der Waals surface area (Å²) in [5, 5.41) is 0. The summed E-state index contributed by atoms with van der Waals surface area (Å²) >= 11 is 0. The summed E-state index contributed by atoms with van der Waals surface area (Å²) in [6, 6.07) is 0. The lowest BCUT2D eigenvalue weighted by molar-refractivity contribution is 0.117. The van der Waals surface area contributed by atoms with Gasteiger partial charge in [-0.1, -0.05) is 27.2 Å². The van der Waals surface area contributed by atoms with Gasteiger partial charge in [-0.2, -0.15) is 0 Å². The van der Waals surface area contributed by atoms with Crippen LogP contribution in [0.1, 0.15) is 47.0 Å². The van der Waals surface area contributed by atoms with Crippen molar-refractivity contribution in [3.8, 4) is 0 Å². The highest BCUT2D eigenvalue weighted by Gasteiger charge is 2.27. The molecule has 0 aromatic heterocycles. The van der Waals surface area contributed by atoms with Crippen LogP contribution in [0.4, 0.5) is 0 Å². The van der Waals surface area contributed by atoms with Gasteiger partial charge in [0.1, 0.15) is 0 Å².